The first-order valence-electron chi connectivity index (χ1n) is 9.83. The van der Waals surface area contributed by atoms with Crippen molar-refractivity contribution >= 4 is 5.91 Å². The topological polar surface area (TPSA) is 71.3 Å². The molecule has 5 heteroatoms. The largest absolute Gasteiger partial charge is 0.393 e. The van der Waals surface area contributed by atoms with Gasteiger partial charge in [0.2, 0.25) is 0 Å². The van der Waals surface area contributed by atoms with Crippen LogP contribution in [0.2, 0.25) is 0 Å². The molecule has 1 fully saturated rings. The summed E-state index contributed by atoms with van der Waals surface area (Å²) in [5, 5.41) is 12.8. The number of benzene rings is 1. The van der Waals surface area contributed by atoms with Gasteiger partial charge in [-0.1, -0.05) is 24.3 Å². The molecule has 142 valence electrons. The van der Waals surface area contributed by atoms with E-state index in [2.05, 4.69) is 17.4 Å². The molecule has 0 spiro atoms. The van der Waals surface area contributed by atoms with Crippen molar-refractivity contribution in [2.24, 2.45) is 0 Å². The van der Waals surface area contributed by atoms with Gasteiger partial charge in [0.15, 0.2) is 0 Å². The number of fused-ring (bicyclic) bond motifs is 1. The average Bonchev–Trinajstić information content (AvgIpc) is 3.06. The van der Waals surface area contributed by atoms with Crippen LogP contribution in [-0.2, 0) is 6.42 Å². The first-order valence-corrected chi connectivity index (χ1v) is 9.83. The van der Waals surface area contributed by atoms with Crippen molar-refractivity contribution in [2.45, 2.75) is 63.6 Å². The number of carbonyl (C=O) groups is 1. The maximum Gasteiger partial charge on any atom is 0.263 e. The smallest absolute Gasteiger partial charge is 0.263 e. The lowest BCUT2D eigenvalue weighted by molar-refractivity contribution is 0.0930. The molecule has 0 aliphatic heterocycles. The highest BCUT2D eigenvalue weighted by Crippen LogP contribution is 2.31. The second-order valence-corrected chi connectivity index (χ2v) is 7.81. The zero-order valence-corrected chi connectivity index (χ0v) is 15.6. The van der Waals surface area contributed by atoms with E-state index in [1.54, 1.807) is 10.8 Å². The van der Waals surface area contributed by atoms with Crippen LogP contribution >= 0.6 is 0 Å². The normalized spacial score (nSPS) is 24.4. The highest BCUT2D eigenvalue weighted by Gasteiger charge is 2.27. The van der Waals surface area contributed by atoms with Crippen LogP contribution in [0.4, 0.5) is 0 Å². The third kappa shape index (κ3) is 3.44. The SMILES string of the molecule is Cc1ccn(C2CCC(O)CC2)c(=O)c1C(=O)NC1CCc2ccccc21. The van der Waals surface area contributed by atoms with E-state index in [9.17, 15) is 14.7 Å². The summed E-state index contributed by atoms with van der Waals surface area (Å²) in [5.74, 6) is -0.288. The van der Waals surface area contributed by atoms with E-state index >= 15 is 0 Å². The van der Waals surface area contributed by atoms with Gasteiger partial charge in [-0.3, -0.25) is 9.59 Å². The molecule has 2 aliphatic carbocycles. The third-order valence-corrected chi connectivity index (χ3v) is 6.05. The lowest BCUT2D eigenvalue weighted by Gasteiger charge is -2.27. The Morgan fingerprint density at radius 3 is 2.63 bits per heavy atom. The van der Waals surface area contributed by atoms with Crippen LogP contribution in [0.25, 0.3) is 0 Å². The molecule has 27 heavy (non-hydrogen) atoms. The minimum absolute atomic E-state index is 0.0361. The van der Waals surface area contributed by atoms with E-state index in [1.807, 2.05) is 25.1 Å². The van der Waals surface area contributed by atoms with Gasteiger partial charge >= 0.3 is 0 Å². The molecule has 1 aromatic heterocycles. The number of aliphatic hydroxyl groups excluding tert-OH is 1. The van der Waals surface area contributed by atoms with Crippen molar-refractivity contribution in [3.63, 3.8) is 0 Å². The van der Waals surface area contributed by atoms with E-state index in [4.69, 9.17) is 0 Å². The number of aryl methyl sites for hydroxylation is 2. The molecule has 1 aromatic carbocycles. The molecular weight excluding hydrogens is 340 g/mol. The number of nitrogens with one attached hydrogen (secondary N) is 1. The Labute approximate surface area is 159 Å². The quantitative estimate of drug-likeness (QED) is 0.877. The molecule has 4 rings (SSSR count). The zero-order chi connectivity index (χ0) is 19.0. The van der Waals surface area contributed by atoms with E-state index in [0.717, 1.165) is 31.2 Å². The number of aromatic nitrogens is 1. The van der Waals surface area contributed by atoms with E-state index in [1.165, 1.54) is 5.56 Å². The van der Waals surface area contributed by atoms with Gasteiger partial charge in [-0.15, -0.1) is 0 Å². The Hall–Kier alpha value is -2.40. The molecular formula is C22H26N2O3. The van der Waals surface area contributed by atoms with Gasteiger partial charge in [0, 0.05) is 12.2 Å². The van der Waals surface area contributed by atoms with Gasteiger partial charge in [0.1, 0.15) is 5.56 Å². The van der Waals surface area contributed by atoms with Gasteiger partial charge in [-0.05, 0) is 68.2 Å². The predicted molar refractivity (Wildman–Crippen MR) is 104 cm³/mol. The van der Waals surface area contributed by atoms with Crippen molar-refractivity contribution in [1.82, 2.24) is 9.88 Å². The zero-order valence-electron chi connectivity index (χ0n) is 15.6. The van der Waals surface area contributed by atoms with Crippen LogP contribution in [0, 0.1) is 6.92 Å². The number of nitrogens with zero attached hydrogens (tertiary/aromatic N) is 1. The summed E-state index contributed by atoms with van der Waals surface area (Å²) >= 11 is 0. The van der Waals surface area contributed by atoms with Gasteiger partial charge in [-0.25, -0.2) is 0 Å². The van der Waals surface area contributed by atoms with Crippen molar-refractivity contribution in [2.75, 3.05) is 0 Å². The predicted octanol–water partition coefficient (Wildman–Crippen LogP) is 3.05. The Morgan fingerprint density at radius 1 is 1.11 bits per heavy atom. The number of carbonyl (C=O) groups excluding carboxylic acids is 1. The number of hydrogen-bond acceptors (Lipinski definition) is 3. The summed E-state index contributed by atoms with van der Waals surface area (Å²) in [6.07, 6.45) is 6.27. The molecule has 0 saturated heterocycles. The van der Waals surface area contributed by atoms with Crippen LogP contribution in [0.15, 0.2) is 41.3 Å². The van der Waals surface area contributed by atoms with Crippen LogP contribution < -0.4 is 10.9 Å². The Balaban J connectivity index is 1.59. The van der Waals surface area contributed by atoms with Crippen LogP contribution in [0.5, 0.6) is 0 Å². The van der Waals surface area contributed by atoms with Gasteiger partial charge in [0.05, 0.1) is 12.1 Å². The van der Waals surface area contributed by atoms with Crippen molar-refractivity contribution < 1.29 is 9.90 Å². The van der Waals surface area contributed by atoms with Crippen LogP contribution in [0.1, 0.15) is 71.2 Å². The first-order chi connectivity index (χ1) is 13.0. The minimum Gasteiger partial charge on any atom is -0.393 e. The fourth-order valence-corrected chi connectivity index (χ4v) is 4.48. The second-order valence-electron chi connectivity index (χ2n) is 7.81. The fourth-order valence-electron chi connectivity index (χ4n) is 4.48. The average molecular weight is 366 g/mol. The van der Waals surface area contributed by atoms with Crippen LogP contribution in [-0.4, -0.2) is 21.7 Å². The molecule has 5 nitrogen and oxygen atoms in total. The van der Waals surface area contributed by atoms with Gasteiger partial charge in [0.25, 0.3) is 11.5 Å². The fraction of sp³-hybridized carbons (Fsp3) is 0.455. The summed E-state index contributed by atoms with van der Waals surface area (Å²) in [7, 11) is 0. The molecule has 1 saturated carbocycles. The van der Waals surface area contributed by atoms with E-state index in [-0.39, 0.29) is 35.2 Å². The molecule has 1 heterocycles. The number of hydrogen-bond donors (Lipinski definition) is 2. The number of rotatable bonds is 3. The molecule has 1 unspecified atom stereocenters. The van der Waals surface area contributed by atoms with Crippen molar-refractivity contribution in [1.29, 1.82) is 0 Å². The van der Waals surface area contributed by atoms with Crippen LogP contribution in [0.3, 0.4) is 0 Å². The van der Waals surface area contributed by atoms with Crippen molar-refractivity contribution in [3.05, 3.63) is 69.1 Å². The Morgan fingerprint density at radius 2 is 1.85 bits per heavy atom. The molecule has 2 N–H and O–H groups in total. The molecule has 0 bridgehead atoms. The van der Waals surface area contributed by atoms with Gasteiger partial charge < -0.3 is 15.0 Å². The number of pyridine rings is 1. The third-order valence-electron chi connectivity index (χ3n) is 6.05. The molecule has 0 radical (unpaired) electrons. The summed E-state index contributed by atoms with van der Waals surface area (Å²) < 4.78 is 1.69. The van der Waals surface area contributed by atoms with E-state index < -0.39 is 0 Å². The van der Waals surface area contributed by atoms with Gasteiger partial charge in [-0.2, -0.15) is 0 Å². The summed E-state index contributed by atoms with van der Waals surface area (Å²) in [6, 6.07) is 10.0. The Bertz CT molecular complexity index is 910. The molecule has 2 aromatic rings. The maximum absolute atomic E-state index is 13.1. The van der Waals surface area contributed by atoms with E-state index in [0.29, 0.717) is 18.4 Å². The maximum atomic E-state index is 13.1. The summed E-state index contributed by atoms with van der Waals surface area (Å²) in [6.45, 7) is 1.81. The van der Waals surface area contributed by atoms with Crippen molar-refractivity contribution in [3.8, 4) is 0 Å². The monoisotopic (exact) mass is 366 g/mol. The Kier molecular flexibility index (Phi) is 4.87. The standard InChI is InChI=1S/C22H26N2O3/c1-14-12-13-24(16-7-9-17(25)10-8-16)22(27)20(14)21(26)23-19-11-6-15-4-2-3-5-18(15)19/h2-5,12-13,16-17,19,25H,6-11H2,1H3,(H,23,26). The minimum atomic E-state index is -0.288. The number of aliphatic hydroxyl groups is 1. The highest BCUT2D eigenvalue weighted by molar-refractivity contribution is 5.95. The highest BCUT2D eigenvalue weighted by atomic mass is 16.3. The second kappa shape index (κ2) is 7.31. The summed E-state index contributed by atoms with van der Waals surface area (Å²) in [5.41, 5.74) is 3.15. The lowest BCUT2D eigenvalue weighted by Crippen LogP contribution is -2.37. The molecule has 2 aliphatic rings. The molecule has 1 amide bonds. The molecule has 1 atom stereocenters. The first kappa shape index (κ1) is 18.0. The number of amides is 1. The summed E-state index contributed by atoms with van der Waals surface area (Å²) in [4.78, 5) is 26.0. The lowest BCUT2D eigenvalue weighted by atomic mass is 9.92.